The molecule has 1 aromatic carbocycles. The number of aromatic nitrogens is 2. The number of hydrogen-bond acceptors (Lipinski definition) is 7. The van der Waals surface area contributed by atoms with Gasteiger partial charge in [0.2, 0.25) is 11.8 Å². The number of terminal acetylenes is 1. The standard InChI is InChI=1S/C20H19N3O5S/c1-5-11-23(29(25,26)19-13(2)22-28-15(19)4)18(24)12-17-14(3)27-20(21-17)16-9-7-6-8-10-16/h1,6-10H,11-12H2,2-4H3. The molecule has 0 aliphatic rings. The molecule has 8 nitrogen and oxygen atoms in total. The molecule has 0 bridgehead atoms. The van der Waals surface area contributed by atoms with Crippen LogP contribution in [0.15, 0.2) is 44.2 Å². The Morgan fingerprint density at radius 2 is 1.86 bits per heavy atom. The van der Waals surface area contributed by atoms with Crippen molar-refractivity contribution in [2.75, 3.05) is 6.54 Å². The molecule has 3 aromatic rings. The number of carbonyl (C=O) groups excluding carboxylic acids is 1. The average Bonchev–Trinajstić information content (AvgIpc) is 3.22. The molecule has 2 aromatic heterocycles. The maximum atomic E-state index is 13.0. The van der Waals surface area contributed by atoms with Crippen molar-refractivity contribution in [3.63, 3.8) is 0 Å². The number of benzene rings is 1. The van der Waals surface area contributed by atoms with Crippen LogP contribution in [0, 0.1) is 33.1 Å². The van der Waals surface area contributed by atoms with Gasteiger partial charge in [0.1, 0.15) is 11.5 Å². The van der Waals surface area contributed by atoms with Crippen molar-refractivity contribution in [3.05, 3.63) is 53.2 Å². The van der Waals surface area contributed by atoms with Crippen LogP contribution in [0.4, 0.5) is 0 Å². The fourth-order valence-electron chi connectivity index (χ4n) is 2.87. The zero-order valence-electron chi connectivity index (χ0n) is 16.2. The van der Waals surface area contributed by atoms with Crippen LogP contribution >= 0.6 is 0 Å². The zero-order chi connectivity index (χ0) is 21.2. The average molecular weight is 413 g/mol. The van der Waals surface area contributed by atoms with Crippen LogP contribution < -0.4 is 0 Å². The third-order valence-electron chi connectivity index (χ3n) is 4.26. The second-order valence-electron chi connectivity index (χ2n) is 6.33. The first-order valence-corrected chi connectivity index (χ1v) is 10.1. The predicted octanol–water partition coefficient (Wildman–Crippen LogP) is 2.65. The van der Waals surface area contributed by atoms with Crippen molar-refractivity contribution in [1.82, 2.24) is 14.4 Å². The number of aryl methyl sites for hydroxylation is 3. The number of oxazole rings is 1. The Morgan fingerprint density at radius 1 is 1.17 bits per heavy atom. The highest BCUT2D eigenvalue weighted by Gasteiger charge is 2.34. The minimum atomic E-state index is -4.23. The van der Waals surface area contributed by atoms with E-state index >= 15 is 0 Å². The van der Waals surface area contributed by atoms with E-state index < -0.39 is 22.5 Å². The maximum Gasteiger partial charge on any atom is 0.272 e. The minimum Gasteiger partial charge on any atom is -0.441 e. The first kappa shape index (κ1) is 20.4. The van der Waals surface area contributed by atoms with Gasteiger partial charge in [0.05, 0.1) is 18.7 Å². The Bertz CT molecular complexity index is 1170. The van der Waals surface area contributed by atoms with Crippen molar-refractivity contribution >= 4 is 15.9 Å². The van der Waals surface area contributed by atoms with Gasteiger partial charge in [-0.05, 0) is 32.9 Å². The predicted molar refractivity (Wildman–Crippen MR) is 104 cm³/mol. The van der Waals surface area contributed by atoms with Gasteiger partial charge in [0, 0.05) is 5.56 Å². The van der Waals surface area contributed by atoms with Gasteiger partial charge in [0.15, 0.2) is 10.7 Å². The molecule has 3 rings (SSSR count). The molecule has 0 saturated heterocycles. The van der Waals surface area contributed by atoms with E-state index in [9.17, 15) is 13.2 Å². The summed E-state index contributed by atoms with van der Waals surface area (Å²) >= 11 is 0. The third kappa shape index (κ3) is 3.93. The van der Waals surface area contributed by atoms with E-state index in [0.717, 1.165) is 5.56 Å². The summed E-state index contributed by atoms with van der Waals surface area (Å²) in [5, 5.41) is 3.65. The summed E-state index contributed by atoms with van der Waals surface area (Å²) in [6, 6.07) is 9.18. The number of hydrogen-bond donors (Lipinski definition) is 0. The molecule has 0 atom stereocenters. The molecular weight excluding hydrogens is 394 g/mol. The van der Waals surface area contributed by atoms with E-state index in [1.165, 1.54) is 13.8 Å². The normalized spacial score (nSPS) is 11.2. The fourth-order valence-corrected chi connectivity index (χ4v) is 4.48. The SMILES string of the molecule is C#CCN(C(=O)Cc1nc(-c2ccccc2)oc1C)S(=O)(=O)c1c(C)noc1C. The lowest BCUT2D eigenvalue weighted by Gasteiger charge is -2.19. The Kier molecular flexibility index (Phi) is 5.57. The topological polar surface area (TPSA) is 107 Å². The lowest BCUT2D eigenvalue weighted by Crippen LogP contribution is -2.38. The second kappa shape index (κ2) is 7.93. The van der Waals surface area contributed by atoms with Crippen LogP contribution in [0.25, 0.3) is 11.5 Å². The molecule has 0 aliphatic carbocycles. The molecule has 2 heterocycles. The molecule has 1 amide bonds. The molecule has 0 unspecified atom stereocenters. The van der Waals surface area contributed by atoms with E-state index in [-0.39, 0.29) is 22.8 Å². The molecule has 150 valence electrons. The van der Waals surface area contributed by atoms with Gasteiger partial charge in [-0.1, -0.05) is 29.3 Å². The second-order valence-corrected chi connectivity index (χ2v) is 8.13. The summed E-state index contributed by atoms with van der Waals surface area (Å²) in [7, 11) is -4.23. The molecule has 0 radical (unpaired) electrons. The molecule has 9 heteroatoms. The van der Waals surface area contributed by atoms with Crippen LogP contribution in [0.3, 0.4) is 0 Å². The number of nitrogens with zero attached hydrogens (tertiary/aromatic N) is 3. The number of sulfonamides is 1. The van der Waals surface area contributed by atoms with Crippen LogP contribution in [0.5, 0.6) is 0 Å². The van der Waals surface area contributed by atoms with Crippen molar-refractivity contribution in [2.24, 2.45) is 0 Å². The van der Waals surface area contributed by atoms with E-state index in [4.69, 9.17) is 15.4 Å². The Balaban J connectivity index is 1.92. The summed E-state index contributed by atoms with van der Waals surface area (Å²) in [5.74, 6) is 2.35. The van der Waals surface area contributed by atoms with Gasteiger partial charge < -0.3 is 8.94 Å². The van der Waals surface area contributed by atoms with E-state index in [2.05, 4.69) is 16.1 Å². The lowest BCUT2D eigenvalue weighted by atomic mass is 10.2. The summed E-state index contributed by atoms with van der Waals surface area (Å²) in [6.07, 6.45) is 5.03. The Labute approximate surface area is 168 Å². The maximum absolute atomic E-state index is 13.0. The monoisotopic (exact) mass is 413 g/mol. The highest BCUT2D eigenvalue weighted by molar-refractivity contribution is 7.89. The van der Waals surface area contributed by atoms with Crippen molar-refractivity contribution in [3.8, 4) is 23.8 Å². The van der Waals surface area contributed by atoms with Crippen molar-refractivity contribution < 1.29 is 22.2 Å². The van der Waals surface area contributed by atoms with Crippen LogP contribution in [0.2, 0.25) is 0 Å². The zero-order valence-corrected chi connectivity index (χ0v) is 17.0. The highest BCUT2D eigenvalue weighted by Crippen LogP contribution is 2.25. The first-order chi connectivity index (χ1) is 13.8. The van der Waals surface area contributed by atoms with Gasteiger partial charge in [-0.2, -0.15) is 0 Å². The Hall–Kier alpha value is -3.38. The number of rotatable bonds is 6. The summed E-state index contributed by atoms with van der Waals surface area (Å²) < 4.78 is 37.3. The van der Waals surface area contributed by atoms with Crippen LogP contribution in [-0.2, 0) is 21.2 Å². The van der Waals surface area contributed by atoms with Crippen molar-refractivity contribution in [2.45, 2.75) is 32.1 Å². The lowest BCUT2D eigenvalue weighted by molar-refractivity contribution is -0.125. The fraction of sp³-hybridized carbons (Fsp3) is 0.250. The van der Waals surface area contributed by atoms with E-state index in [1.54, 1.807) is 6.92 Å². The first-order valence-electron chi connectivity index (χ1n) is 8.69. The van der Waals surface area contributed by atoms with Crippen LogP contribution in [0.1, 0.15) is 22.9 Å². The minimum absolute atomic E-state index is 0.0845. The molecule has 0 spiro atoms. The third-order valence-corrected chi connectivity index (χ3v) is 6.27. The highest BCUT2D eigenvalue weighted by atomic mass is 32.2. The van der Waals surface area contributed by atoms with Gasteiger partial charge in [-0.25, -0.2) is 17.7 Å². The van der Waals surface area contributed by atoms with Gasteiger partial charge in [0.25, 0.3) is 10.0 Å². The van der Waals surface area contributed by atoms with Gasteiger partial charge >= 0.3 is 0 Å². The largest absolute Gasteiger partial charge is 0.441 e. The smallest absolute Gasteiger partial charge is 0.272 e. The summed E-state index contributed by atoms with van der Waals surface area (Å²) in [6.45, 7) is 4.18. The van der Waals surface area contributed by atoms with Crippen LogP contribution in [-0.4, -0.2) is 35.3 Å². The molecule has 0 N–H and O–H groups in total. The number of amides is 1. The van der Waals surface area contributed by atoms with E-state index in [1.807, 2.05) is 30.3 Å². The van der Waals surface area contributed by atoms with Gasteiger partial charge in [-0.15, -0.1) is 6.42 Å². The molecular formula is C20H19N3O5S. The number of carbonyl (C=O) groups is 1. The van der Waals surface area contributed by atoms with E-state index in [0.29, 0.717) is 21.7 Å². The molecule has 0 saturated carbocycles. The molecule has 29 heavy (non-hydrogen) atoms. The van der Waals surface area contributed by atoms with Gasteiger partial charge in [-0.3, -0.25) is 4.79 Å². The summed E-state index contributed by atoms with van der Waals surface area (Å²) in [4.78, 5) is 17.1. The summed E-state index contributed by atoms with van der Waals surface area (Å²) in [5.41, 5.74) is 1.24. The molecule has 0 aliphatic heterocycles. The van der Waals surface area contributed by atoms with Crippen molar-refractivity contribution in [1.29, 1.82) is 0 Å². The quantitative estimate of drug-likeness (QED) is 0.572. The Morgan fingerprint density at radius 3 is 2.45 bits per heavy atom. The molecule has 0 fully saturated rings.